The van der Waals surface area contributed by atoms with E-state index in [1.165, 1.54) is 270 Å². The third-order valence-electron chi connectivity index (χ3n) is 15.6. The molecule has 0 aromatic rings. The number of hydrogen-bond acceptors (Lipinski definition) is 6. The first-order valence-electron chi connectivity index (χ1n) is 34.5. The highest BCUT2D eigenvalue weighted by Gasteiger charge is 2.19. The zero-order valence-electron chi connectivity index (χ0n) is 52.0. The summed E-state index contributed by atoms with van der Waals surface area (Å²) in [7, 11) is 0. The Hall–Kier alpha value is -2.37. The lowest BCUT2D eigenvalue weighted by Crippen LogP contribution is -2.30. The summed E-state index contributed by atoms with van der Waals surface area (Å²) in [5, 5.41) is 0. The zero-order valence-corrected chi connectivity index (χ0v) is 52.0. The number of hydrogen-bond donors (Lipinski definition) is 0. The molecule has 0 aliphatic heterocycles. The van der Waals surface area contributed by atoms with Gasteiger partial charge in [-0.25, -0.2) is 0 Å². The van der Waals surface area contributed by atoms with Gasteiger partial charge in [-0.1, -0.05) is 320 Å². The van der Waals surface area contributed by atoms with Gasteiger partial charge in [0, 0.05) is 19.3 Å². The molecule has 0 aliphatic rings. The minimum atomic E-state index is -0.777. The van der Waals surface area contributed by atoms with Crippen LogP contribution in [0.2, 0.25) is 0 Å². The van der Waals surface area contributed by atoms with Crippen LogP contribution in [0.5, 0.6) is 0 Å². The normalized spacial score (nSPS) is 12.2. The van der Waals surface area contributed by atoms with Crippen LogP contribution in [0.25, 0.3) is 0 Å². The Morgan fingerprint density at radius 2 is 0.468 bits per heavy atom. The maximum absolute atomic E-state index is 12.9. The van der Waals surface area contributed by atoms with Crippen LogP contribution in [0, 0.1) is 0 Å². The van der Waals surface area contributed by atoms with Gasteiger partial charge in [-0.15, -0.1) is 0 Å². The molecule has 0 bridgehead atoms. The lowest BCUT2D eigenvalue weighted by molar-refractivity contribution is -0.167. The smallest absolute Gasteiger partial charge is 0.306 e. The van der Waals surface area contributed by atoms with Gasteiger partial charge >= 0.3 is 17.9 Å². The number of carbonyl (C=O) groups is 3. The van der Waals surface area contributed by atoms with Crippen molar-refractivity contribution in [2.24, 2.45) is 0 Å². The monoisotopic (exact) mass is 1080 g/mol. The zero-order chi connectivity index (χ0) is 55.7. The maximum Gasteiger partial charge on any atom is 0.306 e. The SMILES string of the molecule is CCCCCCC/C=C\C/C=C\CCCCCCCCCCCC(=O)OC(COC(=O)CCCCCCC/C=C\CCCCCCC)COC(=O)CCCCCCCCCCCCCCCCCCCCCCCCCC. The van der Waals surface area contributed by atoms with E-state index in [4.69, 9.17) is 14.2 Å². The van der Waals surface area contributed by atoms with Crippen LogP contribution in [0.15, 0.2) is 36.5 Å². The van der Waals surface area contributed by atoms with E-state index >= 15 is 0 Å². The Morgan fingerprint density at radius 1 is 0.260 bits per heavy atom. The number of esters is 3. The highest BCUT2D eigenvalue weighted by atomic mass is 16.6. The molecule has 0 heterocycles. The Kier molecular flexibility index (Phi) is 64.1. The summed E-state index contributed by atoms with van der Waals surface area (Å²) in [6.07, 6.45) is 81.6. The summed E-state index contributed by atoms with van der Waals surface area (Å²) in [4.78, 5) is 38.4. The molecule has 77 heavy (non-hydrogen) atoms. The van der Waals surface area contributed by atoms with E-state index in [1.807, 2.05) is 0 Å². The van der Waals surface area contributed by atoms with E-state index in [-0.39, 0.29) is 31.1 Å². The van der Waals surface area contributed by atoms with Crippen molar-refractivity contribution < 1.29 is 28.6 Å². The second kappa shape index (κ2) is 66.1. The van der Waals surface area contributed by atoms with Crippen LogP contribution < -0.4 is 0 Å². The Morgan fingerprint density at radius 3 is 0.727 bits per heavy atom. The van der Waals surface area contributed by atoms with Crippen molar-refractivity contribution in [1.29, 1.82) is 0 Å². The summed E-state index contributed by atoms with van der Waals surface area (Å²) in [5.74, 6) is -0.858. The molecule has 1 atom stereocenters. The van der Waals surface area contributed by atoms with Gasteiger partial charge in [-0.05, 0) is 77.0 Å². The molecule has 1 unspecified atom stereocenters. The molecule has 6 heteroatoms. The van der Waals surface area contributed by atoms with Crippen LogP contribution in [-0.2, 0) is 28.6 Å². The van der Waals surface area contributed by atoms with Crippen molar-refractivity contribution in [1.82, 2.24) is 0 Å². The number of rotatable bonds is 64. The third-order valence-corrected chi connectivity index (χ3v) is 15.6. The summed E-state index contributed by atoms with van der Waals surface area (Å²) in [5.41, 5.74) is 0. The first-order chi connectivity index (χ1) is 38.0. The fraction of sp³-hybridized carbons (Fsp3) is 0.873. The quantitative estimate of drug-likeness (QED) is 0.0261. The molecule has 6 nitrogen and oxygen atoms in total. The lowest BCUT2D eigenvalue weighted by Gasteiger charge is -2.18. The van der Waals surface area contributed by atoms with Gasteiger partial charge in [-0.2, -0.15) is 0 Å². The molecular formula is C71H132O6. The van der Waals surface area contributed by atoms with Gasteiger partial charge in [0.2, 0.25) is 0 Å². The van der Waals surface area contributed by atoms with Crippen molar-refractivity contribution in [3.63, 3.8) is 0 Å². The van der Waals surface area contributed by atoms with E-state index in [2.05, 4.69) is 57.2 Å². The fourth-order valence-corrected chi connectivity index (χ4v) is 10.4. The number of allylic oxidation sites excluding steroid dienone is 6. The molecule has 0 aliphatic carbocycles. The molecule has 0 aromatic heterocycles. The van der Waals surface area contributed by atoms with Gasteiger partial charge in [0.25, 0.3) is 0 Å². The van der Waals surface area contributed by atoms with Crippen LogP contribution in [0.4, 0.5) is 0 Å². The summed E-state index contributed by atoms with van der Waals surface area (Å²) >= 11 is 0. The van der Waals surface area contributed by atoms with Gasteiger partial charge in [0.15, 0.2) is 6.10 Å². The van der Waals surface area contributed by atoms with Crippen molar-refractivity contribution in [2.75, 3.05) is 13.2 Å². The highest BCUT2D eigenvalue weighted by Crippen LogP contribution is 2.18. The average molecular weight is 1080 g/mol. The fourth-order valence-electron chi connectivity index (χ4n) is 10.4. The minimum Gasteiger partial charge on any atom is -0.462 e. The molecule has 0 N–H and O–H groups in total. The van der Waals surface area contributed by atoms with E-state index < -0.39 is 6.10 Å². The number of ether oxygens (including phenoxy) is 3. The highest BCUT2D eigenvalue weighted by molar-refractivity contribution is 5.71. The first-order valence-corrected chi connectivity index (χ1v) is 34.5. The van der Waals surface area contributed by atoms with Gasteiger partial charge in [-0.3, -0.25) is 14.4 Å². The molecule has 0 saturated heterocycles. The van der Waals surface area contributed by atoms with Gasteiger partial charge < -0.3 is 14.2 Å². The standard InChI is InChI=1S/C71H132O6/c1-4-7-10-13-16-19-22-25-28-30-32-34-35-36-38-39-41-43-46-49-52-55-58-61-64-70(73)76-67-68(66-75-69(72)63-60-57-54-51-48-45-27-24-21-18-15-12-9-6-3)77-71(74)65-62-59-56-53-50-47-44-42-40-37-33-31-29-26-23-20-17-14-11-8-5-2/h23-24,26-27,31,33,68H,4-22,25,28-30,32,34-67H2,1-3H3/b26-23-,27-24-,33-31-. The van der Waals surface area contributed by atoms with Crippen molar-refractivity contribution in [2.45, 2.75) is 386 Å². The Balaban J connectivity index is 4.27. The average Bonchev–Trinajstić information content (AvgIpc) is 3.43. The van der Waals surface area contributed by atoms with E-state index in [0.717, 1.165) is 70.6 Å². The summed E-state index contributed by atoms with van der Waals surface area (Å²) in [6, 6.07) is 0. The molecule has 0 rings (SSSR count). The predicted octanol–water partition coefficient (Wildman–Crippen LogP) is 23.6. The molecule has 0 fully saturated rings. The maximum atomic E-state index is 12.9. The Labute approximate surface area is 480 Å². The second-order valence-corrected chi connectivity index (χ2v) is 23.4. The molecule has 0 saturated carbocycles. The first kappa shape index (κ1) is 74.6. The van der Waals surface area contributed by atoms with Crippen molar-refractivity contribution in [3.8, 4) is 0 Å². The summed E-state index contributed by atoms with van der Waals surface area (Å²) < 4.78 is 17.0. The van der Waals surface area contributed by atoms with Gasteiger partial charge in [0.1, 0.15) is 13.2 Å². The molecule has 0 spiro atoms. The van der Waals surface area contributed by atoms with E-state index in [0.29, 0.717) is 19.3 Å². The molecule has 0 amide bonds. The van der Waals surface area contributed by atoms with E-state index in [9.17, 15) is 14.4 Å². The van der Waals surface area contributed by atoms with Crippen molar-refractivity contribution >= 4 is 17.9 Å². The van der Waals surface area contributed by atoms with E-state index in [1.54, 1.807) is 0 Å². The summed E-state index contributed by atoms with van der Waals surface area (Å²) in [6.45, 7) is 6.68. The second-order valence-electron chi connectivity index (χ2n) is 23.4. The number of carbonyl (C=O) groups excluding carboxylic acids is 3. The van der Waals surface area contributed by atoms with Crippen LogP contribution in [-0.4, -0.2) is 37.2 Å². The topological polar surface area (TPSA) is 78.9 Å². The largest absolute Gasteiger partial charge is 0.462 e. The predicted molar refractivity (Wildman–Crippen MR) is 335 cm³/mol. The number of unbranched alkanes of at least 4 members (excludes halogenated alkanes) is 47. The molecule has 0 aromatic carbocycles. The van der Waals surface area contributed by atoms with Crippen LogP contribution in [0.3, 0.4) is 0 Å². The Bertz CT molecular complexity index is 1290. The molecule has 0 radical (unpaired) electrons. The minimum absolute atomic E-state index is 0.0719. The van der Waals surface area contributed by atoms with Crippen LogP contribution in [0.1, 0.15) is 380 Å². The van der Waals surface area contributed by atoms with Gasteiger partial charge in [0.05, 0.1) is 0 Å². The molecule has 452 valence electrons. The third kappa shape index (κ3) is 64.3. The van der Waals surface area contributed by atoms with Crippen LogP contribution >= 0.6 is 0 Å². The van der Waals surface area contributed by atoms with Crippen molar-refractivity contribution in [3.05, 3.63) is 36.5 Å². The molecular weight excluding hydrogens is 949 g/mol. The lowest BCUT2D eigenvalue weighted by atomic mass is 10.0.